The Hall–Kier alpha value is -2.16. The molecule has 0 heterocycles. The van der Waals surface area contributed by atoms with Gasteiger partial charge in [-0.2, -0.15) is 0 Å². The number of aliphatic hydroxyl groups excluding tert-OH is 2. The smallest absolute Gasteiger partial charge is 0.153 e. The van der Waals surface area contributed by atoms with Crippen LogP contribution in [0.5, 0.6) is 11.5 Å². The summed E-state index contributed by atoms with van der Waals surface area (Å²) in [4.78, 5) is 0. The summed E-state index contributed by atoms with van der Waals surface area (Å²) >= 11 is 0. The molecular formula is C21H30O7. The Morgan fingerprint density at radius 3 is 1.29 bits per heavy atom. The van der Waals surface area contributed by atoms with Gasteiger partial charge in [-0.1, -0.05) is 38.1 Å². The fourth-order valence-electron chi connectivity index (χ4n) is 2.40. The maximum Gasteiger partial charge on any atom is 0.153 e. The van der Waals surface area contributed by atoms with Crippen molar-refractivity contribution in [1.82, 2.24) is 0 Å². The SMILES string of the molecule is CC(C)(c1ccc(O)cc1)c1ccc(O)cc1.OC(O)CCOCCC(O)O. The van der Waals surface area contributed by atoms with E-state index < -0.39 is 12.6 Å². The van der Waals surface area contributed by atoms with Crippen LogP contribution in [0.25, 0.3) is 0 Å². The maximum absolute atomic E-state index is 9.30. The standard InChI is InChI=1S/C15H16O2.C6H14O5/c1-15(2,11-3-7-13(16)8-4-11)12-5-9-14(17)10-6-12;7-5(8)1-3-11-4-2-6(9)10/h3-10,16-17H,1-2H3;5-10H,1-4H2. The second-order valence-corrected chi connectivity index (χ2v) is 6.87. The molecule has 7 nitrogen and oxygen atoms in total. The number of ether oxygens (including phenoxy) is 1. The molecule has 0 atom stereocenters. The molecule has 28 heavy (non-hydrogen) atoms. The van der Waals surface area contributed by atoms with E-state index in [0.29, 0.717) is 0 Å². The van der Waals surface area contributed by atoms with Crippen molar-refractivity contribution in [2.24, 2.45) is 0 Å². The monoisotopic (exact) mass is 394 g/mol. The van der Waals surface area contributed by atoms with E-state index in [4.69, 9.17) is 25.2 Å². The topological polar surface area (TPSA) is 131 Å². The molecule has 0 radical (unpaired) electrons. The normalized spacial score (nSPS) is 11.4. The van der Waals surface area contributed by atoms with Gasteiger partial charge in [-0.15, -0.1) is 0 Å². The lowest BCUT2D eigenvalue weighted by atomic mass is 9.78. The quantitative estimate of drug-likeness (QED) is 0.297. The molecule has 0 aliphatic carbocycles. The number of phenols is 2. The van der Waals surface area contributed by atoms with Crippen molar-refractivity contribution in [3.63, 3.8) is 0 Å². The molecule has 0 saturated heterocycles. The van der Waals surface area contributed by atoms with E-state index in [1.807, 2.05) is 24.3 Å². The number of phenolic OH excluding ortho intramolecular Hbond substituents is 2. The largest absolute Gasteiger partial charge is 0.508 e. The van der Waals surface area contributed by atoms with Crippen LogP contribution in [0, 0.1) is 0 Å². The summed E-state index contributed by atoms with van der Waals surface area (Å²) in [6.07, 6.45) is -2.42. The lowest BCUT2D eigenvalue weighted by Crippen LogP contribution is -2.18. The van der Waals surface area contributed by atoms with Gasteiger partial charge < -0.3 is 35.4 Å². The second-order valence-electron chi connectivity index (χ2n) is 6.87. The van der Waals surface area contributed by atoms with Gasteiger partial charge in [0.1, 0.15) is 11.5 Å². The zero-order valence-corrected chi connectivity index (χ0v) is 16.2. The number of benzene rings is 2. The third-order valence-corrected chi connectivity index (χ3v) is 4.22. The molecule has 0 aliphatic rings. The van der Waals surface area contributed by atoms with Crippen LogP contribution in [0.15, 0.2) is 48.5 Å². The Balaban J connectivity index is 0.000000311. The number of hydrogen-bond donors (Lipinski definition) is 6. The molecule has 7 heteroatoms. The van der Waals surface area contributed by atoms with E-state index in [0.717, 1.165) is 11.1 Å². The molecule has 156 valence electrons. The summed E-state index contributed by atoms with van der Waals surface area (Å²) in [7, 11) is 0. The first-order valence-corrected chi connectivity index (χ1v) is 9.02. The Morgan fingerprint density at radius 2 is 1.00 bits per heavy atom. The predicted molar refractivity (Wildman–Crippen MR) is 105 cm³/mol. The highest BCUT2D eigenvalue weighted by atomic mass is 16.5. The number of rotatable bonds is 8. The second kappa shape index (κ2) is 11.6. The van der Waals surface area contributed by atoms with Gasteiger partial charge >= 0.3 is 0 Å². The van der Waals surface area contributed by atoms with Gasteiger partial charge in [0, 0.05) is 18.3 Å². The summed E-state index contributed by atoms with van der Waals surface area (Å²) in [5.74, 6) is 0.547. The highest BCUT2D eigenvalue weighted by molar-refractivity contribution is 5.41. The predicted octanol–water partition coefficient (Wildman–Crippen LogP) is 1.83. The average molecular weight is 394 g/mol. The van der Waals surface area contributed by atoms with E-state index in [-0.39, 0.29) is 43.0 Å². The Bertz CT molecular complexity index is 607. The fraction of sp³-hybridized carbons (Fsp3) is 0.429. The van der Waals surface area contributed by atoms with Crippen LogP contribution >= 0.6 is 0 Å². The molecule has 2 rings (SSSR count). The third kappa shape index (κ3) is 8.69. The summed E-state index contributed by atoms with van der Waals surface area (Å²) in [5.41, 5.74) is 2.10. The van der Waals surface area contributed by atoms with E-state index in [9.17, 15) is 10.2 Å². The van der Waals surface area contributed by atoms with Crippen LogP contribution in [-0.4, -0.2) is 56.4 Å². The van der Waals surface area contributed by atoms with E-state index in [2.05, 4.69) is 13.8 Å². The van der Waals surface area contributed by atoms with Crippen LogP contribution in [0.2, 0.25) is 0 Å². The summed E-state index contributed by atoms with van der Waals surface area (Å²) in [5, 5.41) is 51.9. The number of aliphatic hydroxyl groups is 4. The first-order chi connectivity index (χ1) is 13.1. The molecule has 0 aromatic heterocycles. The van der Waals surface area contributed by atoms with Crippen molar-refractivity contribution in [2.75, 3.05) is 13.2 Å². The molecule has 0 unspecified atom stereocenters. The van der Waals surface area contributed by atoms with Crippen molar-refractivity contribution < 1.29 is 35.4 Å². The van der Waals surface area contributed by atoms with Crippen molar-refractivity contribution in [2.45, 2.75) is 44.7 Å². The van der Waals surface area contributed by atoms with Gasteiger partial charge in [0.2, 0.25) is 0 Å². The van der Waals surface area contributed by atoms with Gasteiger partial charge in [0.05, 0.1) is 13.2 Å². The zero-order chi connectivity index (χ0) is 21.2. The van der Waals surface area contributed by atoms with Gasteiger partial charge in [0.15, 0.2) is 12.6 Å². The van der Waals surface area contributed by atoms with Crippen LogP contribution in [0.3, 0.4) is 0 Å². The van der Waals surface area contributed by atoms with Gasteiger partial charge in [-0.05, 0) is 35.4 Å². The van der Waals surface area contributed by atoms with Gasteiger partial charge in [-0.3, -0.25) is 0 Å². The first kappa shape index (κ1) is 23.9. The van der Waals surface area contributed by atoms with Crippen molar-refractivity contribution in [1.29, 1.82) is 0 Å². The van der Waals surface area contributed by atoms with Crippen LogP contribution < -0.4 is 0 Å². The molecular weight excluding hydrogens is 364 g/mol. The Labute approximate surface area is 165 Å². The summed E-state index contributed by atoms with van der Waals surface area (Å²) in [6.45, 7) is 4.66. The molecule has 0 aliphatic heterocycles. The van der Waals surface area contributed by atoms with Crippen LogP contribution in [0.1, 0.15) is 37.8 Å². The zero-order valence-electron chi connectivity index (χ0n) is 16.2. The molecule has 0 saturated carbocycles. The maximum atomic E-state index is 9.30. The van der Waals surface area contributed by atoms with Crippen molar-refractivity contribution >= 4 is 0 Å². The Morgan fingerprint density at radius 1 is 0.679 bits per heavy atom. The van der Waals surface area contributed by atoms with Crippen LogP contribution in [-0.2, 0) is 10.2 Å². The molecule has 0 bridgehead atoms. The minimum atomic E-state index is -1.35. The Kier molecular flexibility index (Phi) is 9.92. The highest BCUT2D eigenvalue weighted by Crippen LogP contribution is 2.32. The van der Waals surface area contributed by atoms with Crippen molar-refractivity contribution in [3.8, 4) is 11.5 Å². The molecule has 2 aromatic rings. The highest BCUT2D eigenvalue weighted by Gasteiger charge is 2.22. The van der Waals surface area contributed by atoms with E-state index in [1.165, 1.54) is 0 Å². The molecule has 0 spiro atoms. The number of aromatic hydroxyl groups is 2. The number of hydrogen-bond acceptors (Lipinski definition) is 7. The molecule has 6 N–H and O–H groups in total. The minimum absolute atomic E-state index is 0.140. The summed E-state index contributed by atoms with van der Waals surface area (Å²) in [6, 6.07) is 14.4. The van der Waals surface area contributed by atoms with Gasteiger partial charge in [-0.25, -0.2) is 0 Å². The lowest BCUT2D eigenvalue weighted by Gasteiger charge is -2.26. The minimum Gasteiger partial charge on any atom is -0.508 e. The van der Waals surface area contributed by atoms with Crippen molar-refractivity contribution in [3.05, 3.63) is 59.7 Å². The average Bonchev–Trinajstić information content (AvgIpc) is 2.62. The molecule has 2 aromatic carbocycles. The van der Waals surface area contributed by atoms with Crippen LogP contribution in [0.4, 0.5) is 0 Å². The van der Waals surface area contributed by atoms with Gasteiger partial charge in [0.25, 0.3) is 0 Å². The lowest BCUT2D eigenvalue weighted by molar-refractivity contribution is -0.0769. The van der Waals surface area contributed by atoms with E-state index >= 15 is 0 Å². The third-order valence-electron chi connectivity index (χ3n) is 4.22. The first-order valence-electron chi connectivity index (χ1n) is 9.02. The summed E-state index contributed by atoms with van der Waals surface area (Å²) < 4.78 is 4.82. The molecule has 0 amide bonds. The van der Waals surface area contributed by atoms with E-state index in [1.54, 1.807) is 24.3 Å². The fourth-order valence-corrected chi connectivity index (χ4v) is 2.40. The molecule has 0 fully saturated rings.